The predicted octanol–water partition coefficient (Wildman–Crippen LogP) is 2.83. The van der Waals surface area contributed by atoms with Crippen LogP contribution in [0.25, 0.3) is 6.08 Å². The first kappa shape index (κ1) is 11.4. The molecule has 0 radical (unpaired) electrons. The number of hydrogen-bond donors (Lipinski definition) is 0. The van der Waals surface area contributed by atoms with Gasteiger partial charge in [0.25, 0.3) is 0 Å². The van der Waals surface area contributed by atoms with Gasteiger partial charge in [-0.25, -0.2) is 0 Å². The Balaban J connectivity index is 2.31. The smallest absolute Gasteiger partial charge is 0.246 e. The fourth-order valence-electron chi connectivity index (χ4n) is 1.62. The summed E-state index contributed by atoms with van der Waals surface area (Å²) in [6.07, 6.45) is 1.50. The van der Waals surface area contributed by atoms with Crippen LogP contribution in [-0.4, -0.2) is 10.7 Å². The molecule has 5 heteroatoms. The maximum absolute atomic E-state index is 10.5. The highest BCUT2D eigenvalue weighted by Gasteiger charge is 2.31. The van der Waals surface area contributed by atoms with Crippen molar-refractivity contribution in [3.63, 3.8) is 0 Å². The lowest BCUT2D eigenvalue weighted by Crippen LogP contribution is -2.29. The first-order chi connectivity index (χ1) is 7.87. The molecule has 0 spiro atoms. The topological polar surface area (TPSA) is 61.6 Å². The number of nitro groups is 1. The molecule has 0 amide bonds. The van der Waals surface area contributed by atoms with Gasteiger partial charge in [0.2, 0.25) is 11.5 Å². The monoisotopic (exact) mass is 235 g/mol. The molecule has 1 aliphatic rings. The van der Waals surface area contributed by atoms with E-state index in [-0.39, 0.29) is 5.70 Å². The van der Waals surface area contributed by atoms with Gasteiger partial charge in [-0.3, -0.25) is 10.1 Å². The molecule has 0 saturated carbocycles. The van der Waals surface area contributed by atoms with Gasteiger partial charge >= 0.3 is 0 Å². The minimum Gasteiger partial charge on any atom is -0.449 e. The Bertz CT molecular complexity index is 505. The van der Waals surface area contributed by atoms with Crippen LogP contribution in [0.2, 0.25) is 0 Å². The second-order valence-corrected chi connectivity index (χ2v) is 4.35. The molecule has 1 aromatic rings. The van der Waals surface area contributed by atoms with E-state index in [1.165, 1.54) is 13.0 Å². The van der Waals surface area contributed by atoms with Gasteiger partial charge < -0.3 is 9.47 Å². The Hall–Kier alpha value is -2.04. The minimum atomic E-state index is -0.678. The fourth-order valence-corrected chi connectivity index (χ4v) is 1.62. The largest absolute Gasteiger partial charge is 0.449 e. The van der Waals surface area contributed by atoms with Crippen LogP contribution in [-0.2, 0) is 0 Å². The molecule has 0 fully saturated rings. The summed E-state index contributed by atoms with van der Waals surface area (Å²) < 4.78 is 11.1. The van der Waals surface area contributed by atoms with E-state index < -0.39 is 10.7 Å². The van der Waals surface area contributed by atoms with E-state index in [0.29, 0.717) is 11.5 Å². The van der Waals surface area contributed by atoms with Crippen LogP contribution >= 0.6 is 0 Å². The Labute approximate surface area is 98.8 Å². The van der Waals surface area contributed by atoms with Gasteiger partial charge in [0, 0.05) is 26.8 Å². The minimum absolute atomic E-state index is 0.0862. The van der Waals surface area contributed by atoms with Gasteiger partial charge in [-0.15, -0.1) is 0 Å². The molecule has 0 aliphatic carbocycles. The van der Waals surface area contributed by atoms with Crippen molar-refractivity contribution in [1.82, 2.24) is 0 Å². The van der Waals surface area contributed by atoms with Crippen molar-refractivity contribution >= 4 is 6.08 Å². The third-order valence-electron chi connectivity index (χ3n) is 2.34. The van der Waals surface area contributed by atoms with E-state index in [9.17, 15) is 10.1 Å². The standard InChI is InChI=1S/C12H13NO4/c1-8(13(14)15)6-9-4-5-10-11(7-9)17-12(2,3)16-10/h4-7H,1-3H3. The van der Waals surface area contributed by atoms with E-state index in [1.807, 2.05) is 13.8 Å². The number of allylic oxidation sites excluding steroid dienone is 1. The lowest BCUT2D eigenvalue weighted by atomic mass is 10.2. The number of fused-ring (bicyclic) bond motifs is 1. The SMILES string of the molecule is CC(=Cc1ccc2c(c1)OC(C)(C)O2)[N+](=O)[O-]. The molecule has 1 aliphatic heterocycles. The summed E-state index contributed by atoms with van der Waals surface area (Å²) in [6.45, 7) is 5.07. The van der Waals surface area contributed by atoms with E-state index in [0.717, 1.165) is 5.56 Å². The van der Waals surface area contributed by atoms with Crippen LogP contribution in [0.4, 0.5) is 0 Å². The second kappa shape index (κ2) is 3.76. The van der Waals surface area contributed by atoms with E-state index in [1.54, 1.807) is 18.2 Å². The molecule has 1 aromatic carbocycles. The van der Waals surface area contributed by atoms with Crippen molar-refractivity contribution in [2.45, 2.75) is 26.6 Å². The molecule has 0 N–H and O–H groups in total. The zero-order chi connectivity index (χ0) is 12.6. The van der Waals surface area contributed by atoms with Crippen molar-refractivity contribution in [3.8, 4) is 11.5 Å². The van der Waals surface area contributed by atoms with Crippen molar-refractivity contribution < 1.29 is 14.4 Å². The number of rotatable bonds is 2. The maximum Gasteiger partial charge on any atom is 0.246 e. The van der Waals surface area contributed by atoms with Crippen LogP contribution < -0.4 is 9.47 Å². The average molecular weight is 235 g/mol. The van der Waals surface area contributed by atoms with Gasteiger partial charge in [0.15, 0.2) is 11.5 Å². The lowest BCUT2D eigenvalue weighted by Gasteiger charge is -2.16. The molecule has 1 heterocycles. The molecular formula is C12H13NO4. The van der Waals surface area contributed by atoms with E-state index >= 15 is 0 Å². The molecule has 2 rings (SSSR count). The molecule has 5 nitrogen and oxygen atoms in total. The molecule has 90 valence electrons. The summed E-state index contributed by atoms with van der Waals surface area (Å²) in [7, 11) is 0. The molecule has 0 unspecified atom stereocenters. The van der Waals surface area contributed by atoms with Gasteiger partial charge in [-0.2, -0.15) is 0 Å². The summed E-state index contributed by atoms with van der Waals surface area (Å²) in [4.78, 5) is 10.1. The highest BCUT2D eigenvalue weighted by atomic mass is 16.7. The molecule has 0 saturated heterocycles. The van der Waals surface area contributed by atoms with Crippen molar-refractivity contribution in [3.05, 3.63) is 39.6 Å². The maximum atomic E-state index is 10.5. The Kier molecular flexibility index (Phi) is 2.53. The van der Waals surface area contributed by atoms with Gasteiger partial charge in [0.1, 0.15) is 0 Å². The zero-order valence-corrected chi connectivity index (χ0v) is 9.89. The summed E-state index contributed by atoms with van der Waals surface area (Å²) >= 11 is 0. The number of nitrogens with zero attached hydrogens (tertiary/aromatic N) is 1. The van der Waals surface area contributed by atoms with Crippen LogP contribution in [0.5, 0.6) is 11.5 Å². The molecule has 17 heavy (non-hydrogen) atoms. The third-order valence-corrected chi connectivity index (χ3v) is 2.34. The predicted molar refractivity (Wildman–Crippen MR) is 62.4 cm³/mol. The highest BCUT2D eigenvalue weighted by Crippen LogP contribution is 2.39. The Morgan fingerprint density at radius 3 is 2.65 bits per heavy atom. The second-order valence-electron chi connectivity index (χ2n) is 4.35. The average Bonchev–Trinajstić information content (AvgIpc) is 2.50. The summed E-state index contributed by atoms with van der Waals surface area (Å²) in [5, 5.41) is 10.5. The Morgan fingerprint density at radius 1 is 1.35 bits per heavy atom. The van der Waals surface area contributed by atoms with Crippen LogP contribution in [0, 0.1) is 10.1 Å². The van der Waals surface area contributed by atoms with Gasteiger partial charge in [-0.1, -0.05) is 6.07 Å². The van der Waals surface area contributed by atoms with Gasteiger partial charge in [0.05, 0.1) is 4.92 Å². The van der Waals surface area contributed by atoms with E-state index in [2.05, 4.69) is 0 Å². The summed E-state index contributed by atoms with van der Waals surface area (Å²) in [5.41, 5.74) is 0.808. The number of hydrogen-bond acceptors (Lipinski definition) is 4. The van der Waals surface area contributed by atoms with Crippen LogP contribution in [0.3, 0.4) is 0 Å². The molecular weight excluding hydrogens is 222 g/mol. The number of benzene rings is 1. The normalized spacial score (nSPS) is 17.0. The van der Waals surface area contributed by atoms with Crippen molar-refractivity contribution in [2.75, 3.05) is 0 Å². The zero-order valence-electron chi connectivity index (χ0n) is 9.89. The lowest BCUT2D eigenvalue weighted by molar-refractivity contribution is -0.422. The Morgan fingerprint density at radius 2 is 2.00 bits per heavy atom. The van der Waals surface area contributed by atoms with E-state index in [4.69, 9.17) is 9.47 Å². The molecule has 0 aromatic heterocycles. The van der Waals surface area contributed by atoms with Gasteiger partial charge in [-0.05, 0) is 17.7 Å². The summed E-state index contributed by atoms with van der Waals surface area (Å²) in [6, 6.07) is 5.25. The fraction of sp³-hybridized carbons (Fsp3) is 0.333. The molecule has 0 bridgehead atoms. The third kappa shape index (κ3) is 2.38. The van der Waals surface area contributed by atoms with Crippen molar-refractivity contribution in [1.29, 1.82) is 0 Å². The number of ether oxygens (including phenoxy) is 2. The summed E-state index contributed by atoms with van der Waals surface area (Å²) in [5.74, 6) is 0.592. The quantitative estimate of drug-likeness (QED) is 0.584. The highest BCUT2D eigenvalue weighted by molar-refractivity contribution is 5.57. The first-order valence-electron chi connectivity index (χ1n) is 5.22. The molecule has 0 atom stereocenters. The van der Waals surface area contributed by atoms with Crippen LogP contribution in [0.15, 0.2) is 23.9 Å². The van der Waals surface area contributed by atoms with Crippen LogP contribution in [0.1, 0.15) is 26.3 Å². The first-order valence-corrected chi connectivity index (χ1v) is 5.22. The van der Waals surface area contributed by atoms with Crippen molar-refractivity contribution in [2.24, 2.45) is 0 Å².